The van der Waals surface area contributed by atoms with Gasteiger partial charge in [-0.25, -0.2) is 4.98 Å². The molecule has 0 aliphatic rings. The van der Waals surface area contributed by atoms with E-state index in [1.807, 2.05) is 61.8 Å². The van der Waals surface area contributed by atoms with Gasteiger partial charge in [0, 0.05) is 46.4 Å². The molecule has 0 radical (unpaired) electrons. The summed E-state index contributed by atoms with van der Waals surface area (Å²) < 4.78 is 0. The SMILES string of the molecule is C/C=C\C=C(/CC)C(=N)CC(/N=C/c1ccccc1)c1cccc(-c2ccc(-c3cc(C(C)(C)C)nc4c3ccc3cccnc34)cc2)c1. The minimum atomic E-state index is -0.185. The number of rotatable bonds is 10. The Morgan fingerprint density at radius 3 is 2.33 bits per heavy atom. The minimum absolute atomic E-state index is 0.115. The number of hydrogen-bond donors (Lipinski definition) is 1. The van der Waals surface area contributed by atoms with Crippen LogP contribution in [0, 0.1) is 5.41 Å². The molecule has 0 bridgehead atoms. The van der Waals surface area contributed by atoms with Crippen LogP contribution in [0.3, 0.4) is 0 Å². The van der Waals surface area contributed by atoms with Gasteiger partial charge in [-0.2, -0.15) is 0 Å². The highest BCUT2D eigenvalue weighted by atomic mass is 14.8. The molecule has 0 amide bonds. The van der Waals surface area contributed by atoms with Crippen molar-refractivity contribution in [2.45, 2.75) is 58.9 Å². The first kappa shape index (κ1) is 33.4. The number of pyridine rings is 2. The van der Waals surface area contributed by atoms with Crippen molar-refractivity contribution < 1.29 is 0 Å². The molecule has 0 aliphatic heterocycles. The average Bonchev–Trinajstić information content (AvgIpc) is 3.13. The Morgan fingerprint density at radius 1 is 0.816 bits per heavy atom. The van der Waals surface area contributed by atoms with Gasteiger partial charge in [-0.1, -0.05) is 137 Å². The van der Waals surface area contributed by atoms with Gasteiger partial charge in [0.25, 0.3) is 0 Å². The molecule has 0 saturated heterocycles. The molecule has 4 aromatic carbocycles. The molecule has 0 aliphatic carbocycles. The molecule has 2 aromatic heterocycles. The Bertz CT molecular complexity index is 2180. The van der Waals surface area contributed by atoms with E-state index in [9.17, 15) is 0 Å². The molecule has 1 N–H and O–H groups in total. The number of allylic oxidation sites excluding steroid dienone is 4. The molecule has 6 rings (SSSR count). The van der Waals surface area contributed by atoms with Gasteiger partial charge in [0.2, 0.25) is 0 Å². The van der Waals surface area contributed by atoms with Crippen molar-refractivity contribution in [2.75, 3.05) is 0 Å². The van der Waals surface area contributed by atoms with Gasteiger partial charge in [0.15, 0.2) is 0 Å². The topological polar surface area (TPSA) is 62.0 Å². The fraction of sp³-hybridized carbons (Fsp3) is 0.200. The lowest BCUT2D eigenvalue weighted by atomic mass is 9.88. The van der Waals surface area contributed by atoms with Gasteiger partial charge >= 0.3 is 0 Å². The molecule has 4 heteroatoms. The first-order valence-electron chi connectivity index (χ1n) is 17.1. The van der Waals surface area contributed by atoms with Gasteiger partial charge in [-0.3, -0.25) is 9.98 Å². The molecule has 1 atom stereocenters. The van der Waals surface area contributed by atoms with E-state index in [1.54, 1.807) is 0 Å². The first-order valence-corrected chi connectivity index (χ1v) is 17.1. The summed E-state index contributed by atoms with van der Waals surface area (Å²) in [5.74, 6) is 0. The van der Waals surface area contributed by atoms with E-state index in [4.69, 9.17) is 20.4 Å². The lowest BCUT2D eigenvalue weighted by Crippen LogP contribution is -2.14. The Balaban J connectivity index is 1.37. The van der Waals surface area contributed by atoms with Crippen LogP contribution in [-0.4, -0.2) is 21.9 Å². The Labute approximate surface area is 290 Å². The average molecular weight is 641 g/mol. The van der Waals surface area contributed by atoms with E-state index < -0.39 is 0 Å². The number of hydrogen-bond acceptors (Lipinski definition) is 4. The normalized spacial score (nSPS) is 13.1. The summed E-state index contributed by atoms with van der Waals surface area (Å²) in [7, 11) is 0. The Kier molecular flexibility index (Phi) is 10.1. The number of nitrogens with one attached hydrogen (secondary N) is 1. The number of fused-ring (bicyclic) bond motifs is 3. The maximum Gasteiger partial charge on any atom is 0.0974 e. The van der Waals surface area contributed by atoms with Crippen molar-refractivity contribution in [2.24, 2.45) is 4.99 Å². The summed E-state index contributed by atoms with van der Waals surface area (Å²) in [6.45, 7) is 10.7. The zero-order chi connectivity index (χ0) is 34.4. The van der Waals surface area contributed by atoms with Gasteiger partial charge in [-0.05, 0) is 70.5 Å². The van der Waals surface area contributed by atoms with Crippen LogP contribution in [0.15, 0.2) is 144 Å². The third-order valence-electron chi connectivity index (χ3n) is 8.98. The molecular formula is C45H44N4. The lowest BCUT2D eigenvalue weighted by Gasteiger charge is -2.21. The Hall–Kier alpha value is -5.48. The molecule has 0 saturated carbocycles. The summed E-state index contributed by atoms with van der Waals surface area (Å²) in [6, 6.07) is 38.1. The van der Waals surface area contributed by atoms with E-state index >= 15 is 0 Å². The molecule has 0 fully saturated rings. The molecule has 244 valence electrons. The zero-order valence-corrected chi connectivity index (χ0v) is 29.1. The fourth-order valence-electron chi connectivity index (χ4n) is 6.16. The number of nitrogens with zero attached hydrogens (tertiary/aromatic N) is 3. The minimum Gasteiger partial charge on any atom is -0.305 e. The second-order valence-electron chi connectivity index (χ2n) is 13.5. The fourth-order valence-corrected chi connectivity index (χ4v) is 6.16. The summed E-state index contributed by atoms with van der Waals surface area (Å²) in [6.07, 6.45) is 11.2. The smallest absolute Gasteiger partial charge is 0.0974 e. The molecule has 49 heavy (non-hydrogen) atoms. The van der Waals surface area contributed by atoms with Gasteiger partial charge in [-0.15, -0.1) is 0 Å². The van der Waals surface area contributed by atoms with Crippen LogP contribution in [0.5, 0.6) is 0 Å². The van der Waals surface area contributed by atoms with Crippen LogP contribution < -0.4 is 0 Å². The maximum absolute atomic E-state index is 8.98. The molecule has 2 heterocycles. The lowest BCUT2D eigenvalue weighted by molar-refractivity contribution is 0.572. The van der Waals surface area contributed by atoms with Crippen molar-refractivity contribution in [3.63, 3.8) is 0 Å². The third-order valence-corrected chi connectivity index (χ3v) is 8.98. The quantitative estimate of drug-likeness (QED) is 0.0920. The van der Waals surface area contributed by atoms with Gasteiger partial charge < -0.3 is 5.41 Å². The Morgan fingerprint density at radius 2 is 1.59 bits per heavy atom. The van der Waals surface area contributed by atoms with Crippen molar-refractivity contribution in [1.82, 2.24) is 9.97 Å². The van der Waals surface area contributed by atoms with E-state index in [0.717, 1.165) is 72.9 Å². The highest BCUT2D eigenvalue weighted by Crippen LogP contribution is 2.36. The predicted molar refractivity (Wildman–Crippen MR) is 209 cm³/mol. The standard InChI is InChI=1S/C45H44N4/c1-6-8-16-32(7-2)40(46)29-41(48-30-31-14-10-9-11-15-31)37-18-12-17-36(27-37)33-20-22-34(23-21-33)39-28-42(45(3,4)5)49-44-38(39)25-24-35-19-13-26-47-43(35)44/h6,8-28,30,41,46H,7,29H2,1-5H3/b8-6-,32-16+,46-40?,48-30+. The van der Waals surface area contributed by atoms with Crippen molar-refractivity contribution in [1.29, 1.82) is 5.41 Å². The third kappa shape index (κ3) is 7.65. The second kappa shape index (κ2) is 14.7. The van der Waals surface area contributed by atoms with Gasteiger partial charge in [0.1, 0.15) is 0 Å². The maximum atomic E-state index is 8.98. The summed E-state index contributed by atoms with van der Waals surface area (Å²) >= 11 is 0. The molecular weight excluding hydrogens is 597 g/mol. The molecule has 0 spiro atoms. The number of benzene rings is 4. The summed E-state index contributed by atoms with van der Waals surface area (Å²) in [5, 5.41) is 11.2. The van der Waals surface area contributed by atoms with Gasteiger partial charge in [0.05, 0.1) is 17.1 Å². The zero-order valence-electron chi connectivity index (χ0n) is 29.1. The highest BCUT2D eigenvalue weighted by molar-refractivity contribution is 6.08. The first-order chi connectivity index (χ1) is 23.7. The van der Waals surface area contributed by atoms with Crippen LogP contribution in [-0.2, 0) is 5.41 Å². The van der Waals surface area contributed by atoms with E-state index in [-0.39, 0.29) is 11.5 Å². The highest BCUT2D eigenvalue weighted by Gasteiger charge is 2.20. The predicted octanol–water partition coefficient (Wildman–Crippen LogP) is 11.9. The molecule has 4 nitrogen and oxygen atoms in total. The van der Waals surface area contributed by atoms with Crippen molar-refractivity contribution >= 4 is 33.7 Å². The summed E-state index contributed by atoms with van der Waals surface area (Å²) in [4.78, 5) is 14.9. The van der Waals surface area contributed by atoms with Crippen molar-refractivity contribution in [3.8, 4) is 22.3 Å². The van der Waals surface area contributed by atoms with Crippen LogP contribution in [0.25, 0.3) is 44.1 Å². The van der Waals surface area contributed by atoms with Crippen LogP contribution in [0.4, 0.5) is 0 Å². The van der Waals surface area contributed by atoms with Crippen LogP contribution in [0.2, 0.25) is 0 Å². The number of aliphatic imine (C=N–C) groups is 1. The largest absolute Gasteiger partial charge is 0.305 e. The summed E-state index contributed by atoms with van der Waals surface area (Å²) in [5.41, 5.74) is 11.2. The second-order valence-corrected chi connectivity index (χ2v) is 13.5. The molecule has 1 unspecified atom stereocenters. The monoisotopic (exact) mass is 640 g/mol. The number of aromatic nitrogens is 2. The van der Waals surface area contributed by atoms with E-state index in [1.165, 1.54) is 0 Å². The van der Waals surface area contributed by atoms with Crippen LogP contribution in [0.1, 0.15) is 70.3 Å². The van der Waals surface area contributed by atoms with E-state index in [2.05, 4.69) is 113 Å². The van der Waals surface area contributed by atoms with E-state index in [0.29, 0.717) is 12.1 Å². The van der Waals surface area contributed by atoms with Crippen molar-refractivity contribution in [3.05, 3.63) is 156 Å². The van der Waals surface area contributed by atoms with Crippen LogP contribution >= 0.6 is 0 Å². The molecule has 6 aromatic rings.